The monoisotopic (exact) mass is 340 g/mol. The van der Waals surface area contributed by atoms with E-state index in [0.717, 1.165) is 25.9 Å². The molecule has 0 amide bonds. The third-order valence-electron chi connectivity index (χ3n) is 4.50. The van der Waals surface area contributed by atoms with E-state index < -0.39 is 6.10 Å². The van der Waals surface area contributed by atoms with Gasteiger partial charge in [0.25, 0.3) is 0 Å². The summed E-state index contributed by atoms with van der Waals surface area (Å²) < 4.78 is 19.7. The molecule has 1 atom stereocenters. The summed E-state index contributed by atoms with van der Waals surface area (Å²) in [6.45, 7) is 1.99. The van der Waals surface area contributed by atoms with Gasteiger partial charge in [0, 0.05) is 25.2 Å². The maximum absolute atomic E-state index is 13.7. The zero-order valence-corrected chi connectivity index (χ0v) is 13.9. The van der Waals surface area contributed by atoms with Crippen molar-refractivity contribution in [3.05, 3.63) is 65.5 Å². The number of rotatable bonds is 5. The molecule has 25 heavy (non-hydrogen) atoms. The van der Waals surface area contributed by atoms with Crippen LogP contribution in [0.5, 0.6) is 5.75 Å². The third kappa shape index (κ3) is 4.56. The van der Waals surface area contributed by atoms with Gasteiger partial charge < -0.3 is 14.7 Å². The normalized spacial score (nSPS) is 17.0. The van der Waals surface area contributed by atoms with Crippen LogP contribution < -0.4 is 4.74 Å². The smallest absolute Gasteiger partial charge is 0.129 e. The first-order chi connectivity index (χ1) is 12.2. The summed E-state index contributed by atoms with van der Waals surface area (Å²) in [5, 5.41) is 19.2. The van der Waals surface area contributed by atoms with Crippen molar-refractivity contribution in [1.82, 2.24) is 4.90 Å². The lowest BCUT2D eigenvalue weighted by Gasteiger charge is -2.33. The van der Waals surface area contributed by atoms with E-state index >= 15 is 0 Å². The van der Waals surface area contributed by atoms with Crippen LogP contribution in [-0.4, -0.2) is 35.7 Å². The fourth-order valence-corrected chi connectivity index (χ4v) is 3.13. The molecule has 5 heteroatoms. The number of halogens is 1. The quantitative estimate of drug-likeness (QED) is 0.907. The number of aliphatic hydroxyl groups is 1. The van der Waals surface area contributed by atoms with Crippen molar-refractivity contribution >= 4 is 0 Å². The number of nitrogens with zero attached hydrogens (tertiary/aromatic N) is 2. The standard InChI is InChI=1S/C20H21FN2O2/c21-19-7-2-1-6-18(19)20(24)14-23-10-8-16(9-11-23)25-17-5-3-4-15(12-17)13-22/h1-7,12,16,20,24H,8-11,14H2. The summed E-state index contributed by atoms with van der Waals surface area (Å²) in [5.74, 6) is 0.342. The predicted octanol–water partition coefficient (Wildman–Crippen LogP) is 3.27. The minimum absolute atomic E-state index is 0.0933. The predicted molar refractivity (Wildman–Crippen MR) is 92.6 cm³/mol. The molecule has 0 radical (unpaired) electrons. The number of piperidine rings is 1. The molecule has 1 saturated heterocycles. The molecule has 4 nitrogen and oxygen atoms in total. The Hall–Kier alpha value is -2.42. The van der Waals surface area contributed by atoms with E-state index in [-0.39, 0.29) is 11.9 Å². The lowest BCUT2D eigenvalue weighted by Crippen LogP contribution is -2.40. The topological polar surface area (TPSA) is 56.5 Å². The Labute approximate surface area is 147 Å². The van der Waals surface area contributed by atoms with E-state index in [9.17, 15) is 9.50 Å². The zero-order valence-electron chi connectivity index (χ0n) is 13.9. The second kappa shape index (κ2) is 8.11. The minimum atomic E-state index is -0.828. The summed E-state index contributed by atoms with van der Waals surface area (Å²) >= 11 is 0. The molecule has 1 unspecified atom stereocenters. The SMILES string of the molecule is N#Cc1cccc(OC2CCN(CC(O)c3ccccc3F)CC2)c1. The van der Waals surface area contributed by atoms with Crippen LogP contribution in [0.1, 0.15) is 30.1 Å². The van der Waals surface area contributed by atoms with Crippen molar-refractivity contribution in [3.8, 4) is 11.8 Å². The van der Waals surface area contributed by atoms with Crippen LogP contribution in [0.4, 0.5) is 4.39 Å². The van der Waals surface area contributed by atoms with Gasteiger partial charge in [-0.15, -0.1) is 0 Å². The molecule has 1 fully saturated rings. The van der Waals surface area contributed by atoms with Crippen LogP contribution in [0.3, 0.4) is 0 Å². The van der Waals surface area contributed by atoms with Gasteiger partial charge in [-0.3, -0.25) is 0 Å². The molecular formula is C20H21FN2O2. The van der Waals surface area contributed by atoms with Crippen molar-refractivity contribution in [2.24, 2.45) is 0 Å². The number of hydrogen-bond acceptors (Lipinski definition) is 4. The summed E-state index contributed by atoms with van der Waals surface area (Å²) in [6.07, 6.45) is 0.934. The van der Waals surface area contributed by atoms with Gasteiger partial charge in [0.05, 0.1) is 17.7 Å². The third-order valence-corrected chi connectivity index (χ3v) is 4.50. The molecule has 1 aliphatic rings. The Morgan fingerprint density at radius 2 is 1.96 bits per heavy atom. The first kappa shape index (κ1) is 17.4. The average molecular weight is 340 g/mol. The number of ether oxygens (including phenoxy) is 1. The molecule has 0 aliphatic carbocycles. The molecule has 1 aliphatic heterocycles. The van der Waals surface area contributed by atoms with Crippen LogP contribution in [0.15, 0.2) is 48.5 Å². The number of benzene rings is 2. The summed E-state index contributed by atoms with van der Waals surface area (Å²) in [6, 6.07) is 15.6. The number of hydrogen-bond donors (Lipinski definition) is 1. The minimum Gasteiger partial charge on any atom is -0.490 e. The summed E-state index contributed by atoms with van der Waals surface area (Å²) in [4.78, 5) is 2.13. The van der Waals surface area contributed by atoms with Crippen molar-refractivity contribution < 1.29 is 14.2 Å². The van der Waals surface area contributed by atoms with Crippen LogP contribution in [0, 0.1) is 17.1 Å². The Balaban J connectivity index is 1.50. The van der Waals surface area contributed by atoms with Crippen molar-refractivity contribution in [1.29, 1.82) is 5.26 Å². The van der Waals surface area contributed by atoms with E-state index in [1.807, 2.05) is 12.1 Å². The molecule has 1 heterocycles. The molecule has 2 aromatic rings. The van der Waals surface area contributed by atoms with E-state index in [0.29, 0.717) is 23.4 Å². The molecule has 1 N–H and O–H groups in total. The average Bonchev–Trinajstić information content (AvgIpc) is 2.64. The highest BCUT2D eigenvalue weighted by Crippen LogP contribution is 2.23. The molecular weight excluding hydrogens is 319 g/mol. The molecule has 0 bridgehead atoms. The Bertz CT molecular complexity index is 751. The molecule has 0 spiro atoms. The van der Waals surface area contributed by atoms with Crippen LogP contribution >= 0.6 is 0 Å². The van der Waals surface area contributed by atoms with E-state index in [1.165, 1.54) is 6.07 Å². The van der Waals surface area contributed by atoms with Gasteiger partial charge in [0.2, 0.25) is 0 Å². The van der Waals surface area contributed by atoms with Crippen molar-refractivity contribution in [3.63, 3.8) is 0 Å². The van der Waals surface area contributed by atoms with Gasteiger partial charge >= 0.3 is 0 Å². The highest BCUT2D eigenvalue weighted by Gasteiger charge is 2.23. The number of likely N-dealkylation sites (tertiary alicyclic amines) is 1. The van der Waals surface area contributed by atoms with Gasteiger partial charge in [-0.05, 0) is 37.1 Å². The van der Waals surface area contributed by atoms with Crippen LogP contribution in [-0.2, 0) is 0 Å². The van der Waals surface area contributed by atoms with Crippen molar-refractivity contribution in [2.45, 2.75) is 25.0 Å². The number of β-amino-alcohol motifs (C(OH)–C–C–N with tert-alkyl or cyclic N) is 1. The van der Waals surface area contributed by atoms with Gasteiger partial charge in [0.15, 0.2) is 0 Å². The second-order valence-corrected chi connectivity index (χ2v) is 6.29. The Morgan fingerprint density at radius 3 is 2.68 bits per heavy atom. The molecule has 0 aromatic heterocycles. The maximum Gasteiger partial charge on any atom is 0.129 e. The highest BCUT2D eigenvalue weighted by atomic mass is 19.1. The van der Waals surface area contributed by atoms with Crippen LogP contribution in [0.25, 0.3) is 0 Å². The van der Waals surface area contributed by atoms with E-state index in [1.54, 1.807) is 30.3 Å². The molecule has 0 saturated carbocycles. The molecule has 130 valence electrons. The highest BCUT2D eigenvalue weighted by molar-refractivity contribution is 5.36. The Morgan fingerprint density at radius 1 is 1.20 bits per heavy atom. The molecule has 3 rings (SSSR count). The first-order valence-corrected chi connectivity index (χ1v) is 8.47. The summed E-state index contributed by atoms with van der Waals surface area (Å²) in [5.41, 5.74) is 0.928. The van der Waals surface area contributed by atoms with Gasteiger partial charge in [-0.2, -0.15) is 5.26 Å². The summed E-state index contributed by atoms with van der Waals surface area (Å²) in [7, 11) is 0. The molecule has 2 aromatic carbocycles. The number of aliphatic hydroxyl groups excluding tert-OH is 1. The van der Waals surface area contributed by atoms with Gasteiger partial charge in [-0.1, -0.05) is 24.3 Å². The largest absolute Gasteiger partial charge is 0.490 e. The fourth-order valence-electron chi connectivity index (χ4n) is 3.13. The zero-order chi connectivity index (χ0) is 17.6. The van der Waals surface area contributed by atoms with E-state index in [2.05, 4.69) is 11.0 Å². The first-order valence-electron chi connectivity index (χ1n) is 8.47. The van der Waals surface area contributed by atoms with Crippen LogP contribution in [0.2, 0.25) is 0 Å². The van der Waals surface area contributed by atoms with E-state index in [4.69, 9.17) is 10.00 Å². The van der Waals surface area contributed by atoms with Gasteiger partial charge in [0.1, 0.15) is 17.7 Å². The van der Waals surface area contributed by atoms with Gasteiger partial charge in [-0.25, -0.2) is 4.39 Å². The maximum atomic E-state index is 13.7. The Kier molecular flexibility index (Phi) is 5.64. The lowest BCUT2D eigenvalue weighted by molar-refractivity contribution is 0.0597. The lowest BCUT2D eigenvalue weighted by atomic mass is 10.0. The number of nitriles is 1. The fraction of sp³-hybridized carbons (Fsp3) is 0.350. The second-order valence-electron chi connectivity index (χ2n) is 6.29. The van der Waals surface area contributed by atoms with Crippen molar-refractivity contribution in [2.75, 3.05) is 19.6 Å².